The number of rotatable bonds is 12. The van der Waals surface area contributed by atoms with Crippen LogP contribution >= 0.6 is 12.4 Å². The van der Waals surface area contributed by atoms with Gasteiger partial charge in [0.25, 0.3) is 0 Å². The fourth-order valence-electron chi connectivity index (χ4n) is 5.18. The van der Waals surface area contributed by atoms with E-state index in [-0.39, 0.29) is 23.8 Å². The largest absolute Gasteiger partial charge is 0.493 e. The molecule has 37 heavy (non-hydrogen) atoms. The van der Waals surface area contributed by atoms with Crippen molar-refractivity contribution in [3.05, 3.63) is 64.4 Å². The van der Waals surface area contributed by atoms with Gasteiger partial charge in [0.05, 0.1) is 17.7 Å². The number of piperidine rings is 1. The van der Waals surface area contributed by atoms with E-state index in [1.165, 1.54) is 50.7 Å². The van der Waals surface area contributed by atoms with E-state index in [0.29, 0.717) is 28.7 Å². The molecule has 6 nitrogen and oxygen atoms in total. The molecule has 7 heteroatoms. The molecule has 1 N–H and O–H groups in total. The Morgan fingerprint density at radius 2 is 1.78 bits per heavy atom. The zero-order valence-electron chi connectivity index (χ0n) is 21.9. The maximum absolute atomic E-state index is 13.7. The normalized spacial score (nSPS) is 13.9. The number of unbranched alkanes of at least 4 members (excludes halogenated alkanes) is 1. The number of benzene rings is 2. The second-order valence-corrected chi connectivity index (χ2v) is 9.62. The molecule has 0 saturated carbocycles. The Kier molecular flexibility index (Phi) is 10.6. The topological polar surface area (TPSA) is 80.0 Å². The summed E-state index contributed by atoms with van der Waals surface area (Å²) >= 11 is 0. The van der Waals surface area contributed by atoms with Crippen LogP contribution in [0.1, 0.15) is 89.8 Å². The van der Waals surface area contributed by atoms with Crippen LogP contribution in [0.3, 0.4) is 0 Å². The van der Waals surface area contributed by atoms with Crippen molar-refractivity contribution in [2.75, 3.05) is 26.2 Å². The number of furan rings is 1. The predicted octanol–water partition coefficient (Wildman–Crippen LogP) is 6.94. The van der Waals surface area contributed by atoms with Crippen LogP contribution in [0.15, 0.2) is 41.0 Å². The van der Waals surface area contributed by atoms with Crippen LogP contribution in [0, 0.1) is 0 Å². The van der Waals surface area contributed by atoms with Crippen LogP contribution in [0.5, 0.6) is 5.75 Å². The van der Waals surface area contributed by atoms with Gasteiger partial charge < -0.3 is 19.2 Å². The molecule has 1 aromatic heterocycles. The second kappa shape index (κ2) is 13.6. The van der Waals surface area contributed by atoms with Crippen molar-refractivity contribution < 1.29 is 23.8 Å². The third kappa shape index (κ3) is 6.74. The summed E-state index contributed by atoms with van der Waals surface area (Å²) in [6.45, 7) is 8.38. The average molecular weight is 528 g/mol. The van der Waals surface area contributed by atoms with E-state index in [1.54, 1.807) is 6.07 Å². The fourth-order valence-corrected chi connectivity index (χ4v) is 5.18. The van der Waals surface area contributed by atoms with Gasteiger partial charge in [0.2, 0.25) is 0 Å². The first kappa shape index (κ1) is 28.7. The number of fused-ring (bicyclic) bond motifs is 1. The standard InChI is InChI=1S/C30H37NO5.ClH/c1-3-5-10-23-22(4-2)27(35-18-9-17-31-15-7-6-8-16-31)14-13-25(23)29(32)26-20-36-28-19-21(30(33)34)11-12-24(26)28;/h11-14,19-20H,3-10,15-18H2,1-2H3,(H,33,34);1H. The lowest BCUT2D eigenvalue weighted by molar-refractivity contribution is 0.0696. The Bertz CT molecular complexity index is 1210. The lowest BCUT2D eigenvalue weighted by atomic mass is 9.89. The number of carboxylic acid groups (broad SMARTS) is 1. The molecule has 4 rings (SSSR count). The van der Waals surface area contributed by atoms with Gasteiger partial charge in [-0.2, -0.15) is 0 Å². The molecule has 1 saturated heterocycles. The molecule has 2 heterocycles. The van der Waals surface area contributed by atoms with Crippen LogP contribution in [0.25, 0.3) is 11.0 Å². The van der Waals surface area contributed by atoms with E-state index in [1.807, 2.05) is 12.1 Å². The zero-order valence-corrected chi connectivity index (χ0v) is 22.7. The van der Waals surface area contributed by atoms with Crippen molar-refractivity contribution in [3.8, 4) is 5.75 Å². The molecule has 1 aliphatic heterocycles. The molecule has 0 radical (unpaired) electrons. The van der Waals surface area contributed by atoms with Crippen LogP contribution in [-0.4, -0.2) is 48.0 Å². The molecule has 0 unspecified atom stereocenters. The number of hydrogen-bond acceptors (Lipinski definition) is 5. The smallest absolute Gasteiger partial charge is 0.335 e. The molecule has 2 aromatic carbocycles. The first-order valence-corrected chi connectivity index (χ1v) is 13.3. The third-order valence-electron chi connectivity index (χ3n) is 7.16. The number of likely N-dealkylation sites (tertiary alicyclic amines) is 1. The summed E-state index contributed by atoms with van der Waals surface area (Å²) < 4.78 is 11.8. The number of ether oxygens (including phenoxy) is 1. The molecule has 0 atom stereocenters. The van der Waals surface area contributed by atoms with Gasteiger partial charge in [-0.15, -0.1) is 12.4 Å². The van der Waals surface area contributed by atoms with Gasteiger partial charge in [0.15, 0.2) is 5.78 Å². The molecule has 0 spiro atoms. The summed E-state index contributed by atoms with van der Waals surface area (Å²) in [5, 5.41) is 9.89. The Balaban J connectivity index is 0.00000380. The number of nitrogens with zero attached hydrogens (tertiary/aromatic N) is 1. The highest BCUT2D eigenvalue weighted by Crippen LogP contribution is 2.32. The zero-order chi connectivity index (χ0) is 25.5. The van der Waals surface area contributed by atoms with Gasteiger partial charge in [0.1, 0.15) is 17.6 Å². The Morgan fingerprint density at radius 3 is 2.49 bits per heavy atom. The lowest BCUT2D eigenvalue weighted by Gasteiger charge is -2.26. The van der Waals surface area contributed by atoms with E-state index in [2.05, 4.69) is 18.7 Å². The Morgan fingerprint density at radius 1 is 1.00 bits per heavy atom. The van der Waals surface area contributed by atoms with Crippen LogP contribution in [0.2, 0.25) is 0 Å². The number of carbonyl (C=O) groups excluding carboxylic acids is 1. The summed E-state index contributed by atoms with van der Waals surface area (Å²) in [6.07, 6.45) is 9.99. The number of aromatic carboxylic acids is 1. The van der Waals surface area contributed by atoms with Crippen molar-refractivity contribution in [3.63, 3.8) is 0 Å². The third-order valence-corrected chi connectivity index (χ3v) is 7.16. The van der Waals surface area contributed by atoms with E-state index < -0.39 is 5.97 Å². The number of carboxylic acids is 1. The molecule has 1 fully saturated rings. The van der Waals surface area contributed by atoms with E-state index in [4.69, 9.17) is 9.15 Å². The van der Waals surface area contributed by atoms with Gasteiger partial charge in [-0.3, -0.25) is 4.79 Å². The fraction of sp³-hybridized carbons (Fsp3) is 0.467. The average Bonchev–Trinajstić information content (AvgIpc) is 3.33. The molecule has 0 aliphatic carbocycles. The molecule has 3 aromatic rings. The highest BCUT2D eigenvalue weighted by atomic mass is 35.5. The van der Waals surface area contributed by atoms with Gasteiger partial charge in [-0.1, -0.05) is 26.7 Å². The van der Waals surface area contributed by atoms with Crippen molar-refractivity contribution in [1.29, 1.82) is 0 Å². The number of hydrogen-bond donors (Lipinski definition) is 1. The van der Waals surface area contributed by atoms with Crippen molar-refractivity contribution in [2.24, 2.45) is 0 Å². The minimum absolute atomic E-state index is 0. The van der Waals surface area contributed by atoms with E-state index >= 15 is 0 Å². The van der Waals surface area contributed by atoms with Gasteiger partial charge >= 0.3 is 5.97 Å². The molecular weight excluding hydrogens is 490 g/mol. The van der Waals surface area contributed by atoms with Gasteiger partial charge in [-0.05, 0) is 93.1 Å². The van der Waals surface area contributed by atoms with Crippen molar-refractivity contribution in [1.82, 2.24) is 4.90 Å². The molecule has 1 aliphatic rings. The van der Waals surface area contributed by atoms with Crippen LogP contribution in [0.4, 0.5) is 0 Å². The summed E-state index contributed by atoms with van der Waals surface area (Å²) in [5.41, 5.74) is 3.82. The number of ketones is 1. The number of halogens is 1. The molecule has 0 bridgehead atoms. The minimum Gasteiger partial charge on any atom is -0.493 e. The minimum atomic E-state index is -1.03. The van der Waals surface area contributed by atoms with Gasteiger partial charge in [-0.25, -0.2) is 4.79 Å². The molecule has 200 valence electrons. The molecular formula is C30H38ClNO5. The van der Waals surface area contributed by atoms with Crippen molar-refractivity contribution >= 4 is 35.1 Å². The number of carbonyl (C=O) groups is 2. The van der Waals surface area contributed by atoms with Crippen molar-refractivity contribution in [2.45, 2.75) is 65.2 Å². The Hall–Kier alpha value is -2.83. The summed E-state index contributed by atoms with van der Waals surface area (Å²) in [7, 11) is 0. The first-order valence-electron chi connectivity index (χ1n) is 13.3. The summed E-state index contributed by atoms with van der Waals surface area (Å²) in [4.78, 5) is 27.5. The highest BCUT2D eigenvalue weighted by Gasteiger charge is 2.23. The summed E-state index contributed by atoms with van der Waals surface area (Å²) in [6, 6.07) is 8.45. The highest BCUT2D eigenvalue weighted by molar-refractivity contribution is 6.17. The Labute approximate surface area is 225 Å². The van der Waals surface area contributed by atoms with Crippen LogP contribution in [-0.2, 0) is 12.8 Å². The summed E-state index contributed by atoms with van der Waals surface area (Å²) in [5.74, 6) is -0.252. The quantitative estimate of drug-likeness (QED) is 0.203. The molecule has 0 amide bonds. The van der Waals surface area contributed by atoms with Gasteiger partial charge in [0, 0.05) is 17.5 Å². The van der Waals surface area contributed by atoms with E-state index in [0.717, 1.165) is 55.5 Å². The van der Waals surface area contributed by atoms with E-state index in [9.17, 15) is 14.7 Å². The van der Waals surface area contributed by atoms with Crippen LogP contribution < -0.4 is 4.74 Å². The maximum Gasteiger partial charge on any atom is 0.335 e. The first-order chi connectivity index (χ1) is 17.5. The SMILES string of the molecule is CCCCc1c(C(=O)c2coc3cc(C(=O)O)ccc23)ccc(OCCCN2CCCCC2)c1CC.Cl. The second-order valence-electron chi connectivity index (χ2n) is 9.62. The maximum atomic E-state index is 13.7. The monoisotopic (exact) mass is 527 g/mol. The lowest BCUT2D eigenvalue weighted by Crippen LogP contribution is -2.31. The predicted molar refractivity (Wildman–Crippen MR) is 149 cm³/mol.